The molecule has 2 heterocycles. The summed E-state index contributed by atoms with van der Waals surface area (Å²) in [6.07, 6.45) is 3.21. The van der Waals surface area contributed by atoms with Crippen molar-refractivity contribution in [2.45, 2.75) is 19.3 Å². The molecular formula is C21H40O8. The van der Waals surface area contributed by atoms with E-state index in [9.17, 15) is 0 Å². The zero-order valence-corrected chi connectivity index (χ0v) is 17.9. The number of hydrogen-bond donors (Lipinski definition) is 0. The smallest absolute Gasteiger partial charge is 0.0701 e. The molecular weight excluding hydrogens is 380 g/mol. The molecule has 0 aromatic heterocycles. The predicted octanol–water partition coefficient (Wildman–Crippen LogP) is 1.55. The van der Waals surface area contributed by atoms with Gasteiger partial charge in [-0.1, -0.05) is 6.42 Å². The third kappa shape index (κ3) is 14.3. The van der Waals surface area contributed by atoms with Gasteiger partial charge in [0.15, 0.2) is 0 Å². The van der Waals surface area contributed by atoms with E-state index in [0.29, 0.717) is 118 Å². The fourth-order valence-electron chi connectivity index (χ4n) is 3.24. The van der Waals surface area contributed by atoms with Crippen LogP contribution in [-0.2, 0) is 37.9 Å². The first-order valence-corrected chi connectivity index (χ1v) is 11.1. The minimum atomic E-state index is 0.383. The van der Waals surface area contributed by atoms with Crippen molar-refractivity contribution in [2.75, 3.05) is 106 Å². The molecule has 0 unspecified atom stereocenters. The first kappa shape index (κ1) is 24.9. The van der Waals surface area contributed by atoms with Crippen LogP contribution in [0.25, 0.3) is 0 Å². The van der Waals surface area contributed by atoms with Crippen LogP contribution in [0.2, 0.25) is 0 Å². The molecule has 0 aromatic rings. The fourth-order valence-corrected chi connectivity index (χ4v) is 3.24. The van der Waals surface area contributed by atoms with Crippen molar-refractivity contribution < 1.29 is 37.9 Å². The number of rotatable bonds is 4. The van der Waals surface area contributed by atoms with Crippen molar-refractivity contribution >= 4 is 0 Å². The second-order valence-electron chi connectivity index (χ2n) is 7.41. The Morgan fingerprint density at radius 3 is 0.862 bits per heavy atom. The summed E-state index contributed by atoms with van der Waals surface area (Å²) in [6, 6.07) is 0. The van der Waals surface area contributed by atoms with E-state index < -0.39 is 0 Å². The lowest BCUT2D eigenvalue weighted by Crippen LogP contribution is -2.21. The van der Waals surface area contributed by atoms with Crippen LogP contribution in [0.1, 0.15) is 19.3 Å². The molecule has 0 bridgehead atoms. The van der Waals surface area contributed by atoms with E-state index in [0.717, 1.165) is 19.3 Å². The minimum absolute atomic E-state index is 0.383. The molecule has 2 saturated heterocycles. The van der Waals surface area contributed by atoms with Crippen LogP contribution in [0, 0.1) is 11.8 Å². The molecule has 0 atom stereocenters. The van der Waals surface area contributed by atoms with Crippen LogP contribution in [0.5, 0.6) is 0 Å². The van der Waals surface area contributed by atoms with Gasteiger partial charge in [-0.2, -0.15) is 0 Å². The first-order chi connectivity index (χ1) is 14.4. The summed E-state index contributed by atoms with van der Waals surface area (Å²) >= 11 is 0. The molecule has 0 aromatic carbocycles. The Balaban J connectivity index is 1.66. The standard InChI is InChI=1S/C21H40O8/c1(2-20-16-26-12-8-22-4-5-23-9-13-27-17-20)3-21-18-28-14-10-24-6-7-25-11-15-29-19-21/h20-21H,1-19H2. The second kappa shape index (κ2) is 18.4. The first-order valence-electron chi connectivity index (χ1n) is 11.1. The zero-order chi connectivity index (χ0) is 20.2. The lowest BCUT2D eigenvalue weighted by atomic mass is 9.98. The number of hydrogen-bond acceptors (Lipinski definition) is 8. The molecule has 0 spiro atoms. The lowest BCUT2D eigenvalue weighted by molar-refractivity contribution is 0.00545. The van der Waals surface area contributed by atoms with Gasteiger partial charge in [0.05, 0.1) is 106 Å². The molecule has 0 N–H and O–H groups in total. The van der Waals surface area contributed by atoms with Gasteiger partial charge in [0.2, 0.25) is 0 Å². The van der Waals surface area contributed by atoms with Gasteiger partial charge in [0, 0.05) is 11.8 Å². The summed E-state index contributed by atoms with van der Waals surface area (Å²) in [7, 11) is 0. The highest BCUT2D eigenvalue weighted by atomic mass is 16.6. The molecule has 2 fully saturated rings. The van der Waals surface area contributed by atoms with Crippen LogP contribution >= 0.6 is 0 Å². The van der Waals surface area contributed by atoms with Gasteiger partial charge in [-0.05, 0) is 12.8 Å². The molecule has 8 nitrogen and oxygen atoms in total. The van der Waals surface area contributed by atoms with Crippen LogP contribution in [0.4, 0.5) is 0 Å². The maximum atomic E-state index is 5.78. The molecule has 0 aliphatic carbocycles. The summed E-state index contributed by atoms with van der Waals surface area (Å²) in [6.45, 7) is 10.2. The van der Waals surface area contributed by atoms with E-state index in [1.165, 1.54) is 0 Å². The van der Waals surface area contributed by atoms with Crippen LogP contribution in [0.3, 0.4) is 0 Å². The van der Waals surface area contributed by atoms with Gasteiger partial charge in [-0.3, -0.25) is 0 Å². The SMILES string of the molecule is C(CC1COCCOCCOCCOC1)CC1COCCOCCOCCOC1. The van der Waals surface area contributed by atoms with E-state index in [2.05, 4.69) is 0 Å². The molecule has 2 aliphatic rings. The average Bonchev–Trinajstić information content (AvgIpc) is 2.77. The Labute approximate surface area is 175 Å². The summed E-state index contributed by atoms with van der Waals surface area (Å²) in [5.41, 5.74) is 0. The van der Waals surface area contributed by atoms with Crippen molar-refractivity contribution in [1.82, 2.24) is 0 Å². The quantitative estimate of drug-likeness (QED) is 0.678. The molecule has 0 amide bonds. The van der Waals surface area contributed by atoms with E-state index in [1.54, 1.807) is 0 Å². The zero-order valence-electron chi connectivity index (χ0n) is 17.9. The maximum Gasteiger partial charge on any atom is 0.0701 e. The lowest BCUT2D eigenvalue weighted by Gasteiger charge is -2.20. The van der Waals surface area contributed by atoms with Crippen molar-refractivity contribution in [1.29, 1.82) is 0 Å². The van der Waals surface area contributed by atoms with Gasteiger partial charge >= 0.3 is 0 Å². The van der Waals surface area contributed by atoms with Crippen LogP contribution in [-0.4, -0.2) is 106 Å². The topological polar surface area (TPSA) is 73.8 Å². The highest BCUT2D eigenvalue weighted by Gasteiger charge is 2.14. The monoisotopic (exact) mass is 420 g/mol. The van der Waals surface area contributed by atoms with Gasteiger partial charge in [0.1, 0.15) is 0 Å². The molecule has 2 rings (SSSR count). The van der Waals surface area contributed by atoms with E-state index >= 15 is 0 Å². The summed E-state index contributed by atoms with van der Waals surface area (Å²) in [4.78, 5) is 0. The van der Waals surface area contributed by atoms with Crippen molar-refractivity contribution in [3.05, 3.63) is 0 Å². The second-order valence-corrected chi connectivity index (χ2v) is 7.41. The van der Waals surface area contributed by atoms with Crippen molar-refractivity contribution in [3.63, 3.8) is 0 Å². The molecule has 29 heavy (non-hydrogen) atoms. The van der Waals surface area contributed by atoms with Gasteiger partial charge in [-0.25, -0.2) is 0 Å². The number of ether oxygens (including phenoxy) is 8. The largest absolute Gasteiger partial charge is 0.379 e. The Hall–Kier alpha value is -0.320. The highest BCUT2D eigenvalue weighted by Crippen LogP contribution is 2.16. The molecule has 2 aliphatic heterocycles. The Bertz CT molecular complexity index is 298. The molecule has 0 saturated carbocycles. The third-order valence-corrected chi connectivity index (χ3v) is 4.87. The minimum Gasteiger partial charge on any atom is -0.379 e. The Morgan fingerprint density at radius 1 is 0.345 bits per heavy atom. The Morgan fingerprint density at radius 2 is 0.586 bits per heavy atom. The maximum absolute atomic E-state index is 5.78. The van der Waals surface area contributed by atoms with E-state index in [-0.39, 0.29) is 0 Å². The highest BCUT2D eigenvalue weighted by molar-refractivity contribution is 4.63. The van der Waals surface area contributed by atoms with Crippen molar-refractivity contribution in [2.24, 2.45) is 11.8 Å². The third-order valence-electron chi connectivity index (χ3n) is 4.87. The fraction of sp³-hybridized carbons (Fsp3) is 1.00. The summed E-state index contributed by atoms with van der Waals surface area (Å²) in [5.74, 6) is 0.767. The molecule has 172 valence electrons. The Kier molecular flexibility index (Phi) is 15.9. The van der Waals surface area contributed by atoms with Gasteiger partial charge < -0.3 is 37.9 Å². The van der Waals surface area contributed by atoms with Gasteiger partial charge in [-0.15, -0.1) is 0 Å². The summed E-state index contributed by atoms with van der Waals surface area (Å²) in [5, 5.41) is 0. The van der Waals surface area contributed by atoms with Gasteiger partial charge in [0.25, 0.3) is 0 Å². The van der Waals surface area contributed by atoms with E-state index in [4.69, 9.17) is 37.9 Å². The van der Waals surface area contributed by atoms with Crippen molar-refractivity contribution in [3.8, 4) is 0 Å². The molecule has 0 radical (unpaired) electrons. The van der Waals surface area contributed by atoms with E-state index in [1.807, 2.05) is 0 Å². The predicted molar refractivity (Wildman–Crippen MR) is 107 cm³/mol. The molecule has 8 heteroatoms. The normalized spacial score (nSPS) is 24.8. The van der Waals surface area contributed by atoms with Crippen LogP contribution < -0.4 is 0 Å². The average molecular weight is 421 g/mol. The summed E-state index contributed by atoms with van der Waals surface area (Å²) < 4.78 is 45.0. The van der Waals surface area contributed by atoms with Crippen LogP contribution in [0.15, 0.2) is 0 Å².